The van der Waals surface area contributed by atoms with Crippen molar-refractivity contribution in [3.63, 3.8) is 0 Å². The molecule has 13 heavy (non-hydrogen) atoms. The maximum absolute atomic E-state index is 3.81. The van der Waals surface area contributed by atoms with Crippen molar-refractivity contribution < 1.29 is 0 Å². The molecule has 0 amide bonds. The van der Waals surface area contributed by atoms with E-state index in [9.17, 15) is 0 Å². The first-order valence-corrected chi connectivity index (χ1v) is 9.20. The van der Waals surface area contributed by atoms with Gasteiger partial charge >= 0.3 is 0 Å². The fourth-order valence-electron chi connectivity index (χ4n) is 2.31. The van der Waals surface area contributed by atoms with E-state index in [4.69, 9.17) is 0 Å². The van der Waals surface area contributed by atoms with Crippen molar-refractivity contribution in [1.82, 2.24) is 4.98 Å². The van der Waals surface area contributed by atoms with Gasteiger partial charge in [-0.25, -0.2) is 0 Å². The lowest BCUT2D eigenvalue weighted by atomic mass is 9.85. The zero-order chi connectivity index (χ0) is 9.52. The van der Waals surface area contributed by atoms with Crippen molar-refractivity contribution in [3.8, 4) is 0 Å². The monoisotopic (exact) mass is 215 g/mol. The normalized spacial score (nSPS) is 22.8. The summed E-state index contributed by atoms with van der Waals surface area (Å²) in [7, 11) is 1.51. The van der Waals surface area contributed by atoms with Gasteiger partial charge in [0.1, 0.15) is 0 Å². The molecule has 0 aromatic carbocycles. The molecule has 0 aliphatic heterocycles. The van der Waals surface area contributed by atoms with Gasteiger partial charge in [-0.15, -0.1) is 0 Å². The van der Waals surface area contributed by atoms with E-state index < -0.39 is 0 Å². The van der Waals surface area contributed by atoms with Crippen LogP contribution in [0.15, 0.2) is 0 Å². The van der Waals surface area contributed by atoms with Crippen LogP contribution in [-0.2, 0) is 0 Å². The molecule has 0 spiro atoms. The van der Waals surface area contributed by atoms with Crippen LogP contribution in [-0.4, -0.2) is 26.0 Å². The van der Waals surface area contributed by atoms with E-state index in [2.05, 4.69) is 11.9 Å². The van der Waals surface area contributed by atoms with Gasteiger partial charge in [0.2, 0.25) is 0 Å². The van der Waals surface area contributed by atoms with Gasteiger partial charge in [-0.2, -0.15) is 0 Å². The van der Waals surface area contributed by atoms with Gasteiger partial charge in [0.15, 0.2) is 0 Å². The molecule has 0 aromatic heterocycles. The van der Waals surface area contributed by atoms with E-state index in [1.54, 1.807) is 0 Å². The van der Waals surface area contributed by atoms with Crippen molar-refractivity contribution in [2.45, 2.75) is 57.2 Å². The molecule has 1 N–H and O–H groups in total. The Hall–Kier alpha value is 0.394. The lowest BCUT2D eigenvalue weighted by molar-refractivity contribution is 0.304. The van der Waals surface area contributed by atoms with Gasteiger partial charge in [0.25, 0.3) is 0 Å². The molecule has 0 saturated heterocycles. The first-order valence-electron chi connectivity index (χ1n) is 6.08. The molecule has 1 atom stereocenters. The molecule has 0 radical (unpaired) electrons. The van der Waals surface area contributed by atoms with Crippen LogP contribution in [0.2, 0.25) is 12.1 Å². The predicted molar refractivity (Wildman–Crippen MR) is 67.3 cm³/mol. The second-order valence-corrected chi connectivity index (χ2v) is 7.11. The summed E-state index contributed by atoms with van der Waals surface area (Å²) in [5.41, 5.74) is 0. The summed E-state index contributed by atoms with van der Waals surface area (Å²) in [5.74, 6) is 1.01. The second-order valence-electron chi connectivity index (χ2n) is 4.49. The molecule has 1 nitrogen and oxygen atoms in total. The molecule has 0 heterocycles. The van der Waals surface area contributed by atoms with E-state index in [0.717, 1.165) is 12.0 Å². The Bertz CT molecular complexity index is 124. The standard InChI is InChI=1S/C10H25NSi2/c1-9(11-13-8-7-12)10-5-3-2-4-6-10/h9-11H,2-8,13H2,1,12H3. The van der Waals surface area contributed by atoms with Crippen LogP contribution in [0.25, 0.3) is 0 Å². The highest BCUT2D eigenvalue weighted by Gasteiger charge is 2.18. The molecule has 1 unspecified atom stereocenters. The molecule has 1 saturated carbocycles. The van der Waals surface area contributed by atoms with Crippen LogP contribution in [0, 0.1) is 5.92 Å². The smallest absolute Gasteiger partial charge is 0.0916 e. The van der Waals surface area contributed by atoms with Crippen molar-refractivity contribution in [1.29, 1.82) is 0 Å². The second kappa shape index (κ2) is 6.79. The topological polar surface area (TPSA) is 12.0 Å². The summed E-state index contributed by atoms with van der Waals surface area (Å²) < 4.78 is 0. The van der Waals surface area contributed by atoms with E-state index in [0.29, 0.717) is 0 Å². The lowest BCUT2D eigenvalue weighted by Gasteiger charge is -2.28. The summed E-state index contributed by atoms with van der Waals surface area (Å²) in [5, 5.41) is 0. The average molecular weight is 215 g/mol. The van der Waals surface area contributed by atoms with E-state index in [-0.39, 0.29) is 9.68 Å². The Morgan fingerprint density at radius 2 is 2.08 bits per heavy atom. The maximum Gasteiger partial charge on any atom is 0.0916 e. The zero-order valence-electron chi connectivity index (χ0n) is 9.31. The van der Waals surface area contributed by atoms with Crippen LogP contribution in [0.4, 0.5) is 0 Å². The van der Waals surface area contributed by atoms with Gasteiger partial charge in [-0.3, -0.25) is 0 Å². The zero-order valence-corrected chi connectivity index (χ0v) is 12.7. The summed E-state index contributed by atoms with van der Waals surface area (Å²) >= 11 is 0. The highest BCUT2D eigenvalue weighted by Crippen LogP contribution is 2.26. The largest absolute Gasteiger partial charge is 0.340 e. The van der Waals surface area contributed by atoms with E-state index in [1.807, 2.05) is 0 Å². The minimum absolute atomic E-state index is 0.104. The SMILES string of the molecule is CC(N[SiH2]CC[SiH3])C1CCCCC1. The lowest BCUT2D eigenvalue weighted by Crippen LogP contribution is -2.36. The Kier molecular flexibility index (Phi) is 5.99. The molecule has 1 fully saturated rings. The highest BCUT2D eigenvalue weighted by molar-refractivity contribution is 6.34. The minimum atomic E-state index is 0.104. The van der Waals surface area contributed by atoms with E-state index in [1.165, 1.54) is 54.4 Å². The molecule has 1 aliphatic carbocycles. The fraction of sp³-hybridized carbons (Fsp3) is 1.00. The summed E-state index contributed by atoms with van der Waals surface area (Å²) in [6.07, 6.45) is 7.44. The molecular formula is C10H25NSi2. The number of rotatable bonds is 5. The van der Waals surface area contributed by atoms with Crippen LogP contribution in [0.5, 0.6) is 0 Å². The molecule has 78 valence electrons. The average Bonchev–Trinajstić information content (AvgIpc) is 2.19. The Labute approximate surface area is 88.4 Å². The van der Waals surface area contributed by atoms with Crippen molar-refractivity contribution in [2.24, 2.45) is 5.92 Å². The third-order valence-electron chi connectivity index (χ3n) is 3.35. The highest BCUT2D eigenvalue weighted by atomic mass is 28.2. The molecule has 1 rings (SSSR count). The number of hydrogen-bond acceptors (Lipinski definition) is 1. The van der Waals surface area contributed by atoms with Crippen molar-refractivity contribution >= 4 is 19.9 Å². The number of hydrogen-bond donors (Lipinski definition) is 1. The van der Waals surface area contributed by atoms with Crippen LogP contribution < -0.4 is 4.98 Å². The Morgan fingerprint density at radius 1 is 1.38 bits per heavy atom. The Morgan fingerprint density at radius 3 is 2.69 bits per heavy atom. The molecular weight excluding hydrogens is 190 g/mol. The van der Waals surface area contributed by atoms with Crippen LogP contribution >= 0.6 is 0 Å². The number of nitrogens with one attached hydrogen (secondary N) is 1. The predicted octanol–water partition coefficient (Wildman–Crippen LogP) is 0.831. The van der Waals surface area contributed by atoms with Crippen LogP contribution in [0.1, 0.15) is 39.0 Å². The van der Waals surface area contributed by atoms with Gasteiger partial charge in [0.05, 0.1) is 9.68 Å². The van der Waals surface area contributed by atoms with Crippen molar-refractivity contribution in [3.05, 3.63) is 0 Å². The summed E-state index contributed by atoms with van der Waals surface area (Å²) in [4.78, 5) is 3.81. The van der Waals surface area contributed by atoms with Crippen molar-refractivity contribution in [2.75, 3.05) is 0 Å². The Balaban J connectivity index is 2.09. The molecule has 0 aromatic rings. The molecule has 0 bridgehead atoms. The van der Waals surface area contributed by atoms with Gasteiger partial charge in [-0.05, 0) is 24.8 Å². The fourth-order valence-corrected chi connectivity index (χ4v) is 4.71. The summed E-state index contributed by atoms with van der Waals surface area (Å²) in [6.45, 7) is 2.41. The molecule has 3 heteroatoms. The van der Waals surface area contributed by atoms with Gasteiger partial charge in [0, 0.05) is 10.2 Å². The third kappa shape index (κ3) is 4.43. The quantitative estimate of drug-likeness (QED) is 0.529. The molecule has 1 aliphatic rings. The van der Waals surface area contributed by atoms with E-state index >= 15 is 0 Å². The summed E-state index contributed by atoms with van der Waals surface area (Å²) in [6, 6.07) is 3.88. The first-order chi connectivity index (χ1) is 6.34. The third-order valence-corrected chi connectivity index (χ3v) is 7.47. The minimum Gasteiger partial charge on any atom is -0.340 e. The van der Waals surface area contributed by atoms with Gasteiger partial charge < -0.3 is 4.98 Å². The maximum atomic E-state index is 3.81. The van der Waals surface area contributed by atoms with Gasteiger partial charge in [-0.1, -0.05) is 38.3 Å². The van der Waals surface area contributed by atoms with Crippen LogP contribution in [0.3, 0.4) is 0 Å². The first kappa shape index (κ1) is 11.5.